The molecule has 0 unspecified atom stereocenters. The summed E-state index contributed by atoms with van der Waals surface area (Å²) in [6.07, 6.45) is 2.62. The Hall–Kier alpha value is -2.25. The van der Waals surface area contributed by atoms with E-state index in [1.165, 1.54) is 11.1 Å². The van der Waals surface area contributed by atoms with Crippen LogP contribution in [-0.4, -0.2) is 78.7 Å². The summed E-state index contributed by atoms with van der Waals surface area (Å²) in [4.78, 5) is 28.2. The van der Waals surface area contributed by atoms with Crippen LogP contribution in [0.15, 0.2) is 22.5 Å². The lowest BCUT2D eigenvalue weighted by Crippen LogP contribution is -2.47. The van der Waals surface area contributed by atoms with Crippen LogP contribution in [0.1, 0.15) is 39.1 Å². The number of nitrogens with zero attached hydrogens (tertiary/aromatic N) is 5. The van der Waals surface area contributed by atoms with E-state index < -0.39 is 0 Å². The average molecular weight is 414 g/mol. The fourth-order valence-corrected chi connectivity index (χ4v) is 4.05. The number of amides is 1. The lowest BCUT2D eigenvalue weighted by Gasteiger charge is -2.31. The highest BCUT2D eigenvalue weighted by Crippen LogP contribution is 2.26. The second-order valence-electron chi connectivity index (χ2n) is 7.78. The van der Waals surface area contributed by atoms with Gasteiger partial charge in [0.25, 0.3) is 5.91 Å². The van der Waals surface area contributed by atoms with E-state index in [1.54, 1.807) is 11.3 Å². The Morgan fingerprint density at radius 2 is 1.97 bits per heavy atom. The van der Waals surface area contributed by atoms with Crippen molar-refractivity contribution in [3.8, 4) is 0 Å². The molecule has 29 heavy (non-hydrogen) atoms. The molecule has 2 aromatic rings. The Morgan fingerprint density at radius 1 is 1.24 bits per heavy atom. The van der Waals surface area contributed by atoms with Crippen molar-refractivity contribution in [2.24, 2.45) is 4.99 Å². The molecule has 1 amide bonds. The second-order valence-corrected chi connectivity index (χ2v) is 8.72. The van der Waals surface area contributed by atoms with Crippen LogP contribution < -0.4 is 0 Å². The number of aliphatic imine (C=N–C) groups is 1. The van der Waals surface area contributed by atoms with Gasteiger partial charge in [-0.05, 0) is 50.6 Å². The molecule has 1 aromatic carbocycles. The molecule has 6 nitrogen and oxygen atoms in total. The predicted molar refractivity (Wildman–Crippen MR) is 121 cm³/mol. The lowest BCUT2D eigenvalue weighted by molar-refractivity contribution is 0.0659. The third kappa shape index (κ3) is 5.42. The fraction of sp³-hybridized carbons (Fsp3) is 0.500. The first kappa shape index (κ1) is 21.5. The summed E-state index contributed by atoms with van der Waals surface area (Å²) in [6, 6.07) is 4.33. The van der Waals surface area contributed by atoms with Crippen LogP contribution in [0.25, 0.3) is 0 Å². The highest BCUT2D eigenvalue weighted by atomic mass is 32.1. The summed E-state index contributed by atoms with van der Waals surface area (Å²) in [6.45, 7) is 10.6. The first-order valence-electron chi connectivity index (χ1n) is 10.1. The number of piperazine rings is 1. The molecule has 3 rings (SSSR count). The number of hydrogen-bond acceptors (Lipinski definition) is 5. The summed E-state index contributed by atoms with van der Waals surface area (Å²) in [5.74, 6) is 0.0539. The quantitative estimate of drug-likeness (QED) is 0.538. The number of thiazole rings is 1. The number of hydrogen-bond donors (Lipinski definition) is 0. The number of likely N-dealkylation sites (N-methyl/N-ethyl adjacent to an activating group) is 1. The van der Waals surface area contributed by atoms with Gasteiger partial charge in [-0.2, -0.15) is 0 Å². The number of aromatic nitrogens is 1. The topological polar surface area (TPSA) is 52.0 Å². The number of carbonyl (C=O) groups excluding carboxylic acids is 1. The van der Waals surface area contributed by atoms with Crippen molar-refractivity contribution >= 4 is 29.3 Å². The zero-order valence-corrected chi connectivity index (χ0v) is 18.9. The van der Waals surface area contributed by atoms with Gasteiger partial charge in [0.2, 0.25) is 0 Å². The van der Waals surface area contributed by atoms with Crippen molar-refractivity contribution < 1.29 is 4.79 Å². The Kier molecular flexibility index (Phi) is 7.03. The largest absolute Gasteiger partial charge is 0.366 e. The normalized spacial score (nSPS) is 15.3. The molecule has 0 radical (unpaired) electrons. The van der Waals surface area contributed by atoms with Crippen molar-refractivity contribution in [2.45, 2.75) is 27.2 Å². The minimum atomic E-state index is 0.0539. The lowest BCUT2D eigenvalue weighted by atomic mass is 10.0. The van der Waals surface area contributed by atoms with Crippen LogP contribution in [-0.2, 0) is 6.42 Å². The first-order chi connectivity index (χ1) is 13.9. The van der Waals surface area contributed by atoms with Crippen LogP contribution in [0.2, 0.25) is 0 Å². The molecule has 0 aliphatic carbocycles. The summed E-state index contributed by atoms with van der Waals surface area (Å²) in [7, 11) is 4.11. The van der Waals surface area contributed by atoms with Crippen molar-refractivity contribution in [3.05, 3.63) is 44.9 Å². The number of rotatable bonds is 6. The Bertz CT molecular complexity index is 883. The summed E-state index contributed by atoms with van der Waals surface area (Å²) in [5, 5.41) is 2.88. The van der Waals surface area contributed by atoms with Gasteiger partial charge in [0.05, 0.1) is 17.0 Å². The van der Waals surface area contributed by atoms with Gasteiger partial charge in [-0.3, -0.25) is 4.79 Å². The smallest absolute Gasteiger partial charge is 0.273 e. The van der Waals surface area contributed by atoms with E-state index >= 15 is 0 Å². The molecule has 1 fully saturated rings. The van der Waals surface area contributed by atoms with E-state index in [0.717, 1.165) is 55.4 Å². The van der Waals surface area contributed by atoms with E-state index in [2.05, 4.69) is 59.7 Å². The highest BCUT2D eigenvalue weighted by Gasteiger charge is 2.22. The van der Waals surface area contributed by atoms with Crippen LogP contribution in [0.4, 0.5) is 5.69 Å². The van der Waals surface area contributed by atoms with Gasteiger partial charge < -0.3 is 14.7 Å². The Morgan fingerprint density at radius 3 is 2.66 bits per heavy atom. The van der Waals surface area contributed by atoms with E-state index in [9.17, 15) is 4.79 Å². The summed E-state index contributed by atoms with van der Waals surface area (Å²) < 4.78 is 0. The van der Waals surface area contributed by atoms with E-state index in [1.807, 2.05) is 23.7 Å². The maximum absolute atomic E-state index is 12.7. The molecule has 0 saturated carbocycles. The molecule has 0 spiro atoms. The summed E-state index contributed by atoms with van der Waals surface area (Å²) in [5.41, 5.74) is 5.16. The van der Waals surface area contributed by atoms with Crippen molar-refractivity contribution in [2.75, 3.05) is 46.8 Å². The van der Waals surface area contributed by atoms with Crippen molar-refractivity contribution in [1.29, 1.82) is 0 Å². The van der Waals surface area contributed by atoms with Gasteiger partial charge in [0.1, 0.15) is 5.69 Å². The molecular formula is C22H31N5OS. The minimum Gasteiger partial charge on any atom is -0.366 e. The Labute approximate surface area is 177 Å². The number of aryl methyl sites for hydroxylation is 2. The Balaban J connectivity index is 1.70. The molecule has 1 aromatic heterocycles. The summed E-state index contributed by atoms with van der Waals surface area (Å²) >= 11 is 1.57. The van der Waals surface area contributed by atoms with Gasteiger partial charge in [-0.1, -0.05) is 6.07 Å². The van der Waals surface area contributed by atoms with Crippen LogP contribution in [0.5, 0.6) is 0 Å². The van der Waals surface area contributed by atoms with Gasteiger partial charge in [-0.15, -0.1) is 11.3 Å². The molecule has 0 bridgehead atoms. The maximum atomic E-state index is 12.7. The van der Waals surface area contributed by atoms with E-state index in [4.69, 9.17) is 0 Å². The molecule has 2 heterocycles. The monoisotopic (exact) mass is 413 g/mol. The molecule has 7 heteroatoms. The zero-order valence-electron chi connectivity index (χ0n) is 18.1. The van der Waals surface area contributed by atoms with Crippen LogP contribution in [0, 0.1) is 13.8 Å². The van der Waals surface area contributed by atoms with E-state index in [0.29, 0.717) is 5.69 Å². The SMILES string of the molecule is CCN(C)C=Nc1cc(C)c(Cc2nc(C(=O)N3CCN(C)CC3)cs2)cc1C. The molecule has 1 aliphatic heterocycles. The minimum absolute atomic E-state index is 0.0539. The van der Waals surface area contributed by atoms with Gasteiger partial charge in [0.15, 0.2) is 0 Å². The second kappa shape index (κ2) is 9.50. The molecule has 156 valence electrons. The van der Waals surface area contributed by atoms with Crippen LogP contribution in [0.3, 0.4) is 0 Å². The van der Waals surface area contributed by atoms with Crippen molar-refractivity contribution in [1.82, 2.24) is 19.7 Å². The zero-order chi connectivity index (χ0) is 21.0. The first-order valence-corrected chi connectivity index (χ1v) is 11.0. The number of carbonyl (C=O) groups is 1. The molecular weight excluding hydrogens is 382 g/mol. The third-order valence-corrected chi connectivity index (χ3v) is 6.30. The van der Waals surface area contributed by atoms with E-state index in [-0.39, 0.29) is 5.91 Å². The third-order valence-electron chi connectivity index (χ3n) is 5.45. The molecule has 0 N–H and O–H groups in total. The highest BCUT2D eigenvalue weighted by molar-refractivity contribution is 7.09. The molecule has 1 aliphatic rings. The average Bonchev–Trinajstić information content (AvgIpc) is 3.17. The van der Waals surface area contributed by atoms with Crippen molar-refractivity contribution in [3.63, 3.8) is 0 Å². The van der Waals surface area contributed by atoms with Gasteiger partial charge in [0, 0.05) is 51.6 Å². The fourth-order valence-electron chi connectivity index (χ4n) is 3.26. The predicted octanol–water partition coefficient (Wildman–Crippen LogP) is 3.35. The van der Waals surface area contributed by atoms with Crippen LogP contribution >= 0.6 is 11.3 Å². The maximum Gasteiger partial charge on any atom is 0.273 e. The van der Waals surface area contributed by atoms with Gasteiger partial charge >= 0.3 is 0 Å². The number of benzene rings is 1. The standard InChI is InChI=1S/C22H31N5OS/c1-6-25(4)15-23-19-12-16(2)18(11-17(19)3)13-21-24-20(14-29-21)22(28)27-9-7-26(5)8-10-27/h11-12,14-15H,6-10,13H2,1-5H3. The molecule has 0 atom stereocenters. The van der Waals surface area contributed by atoms with Gasteiger partial charge in [-0.25, -0.2) is 9.98 Å². The molecule has 1 saturated heterocycles.